The molecule has 372 valence electrons. The number of aryl methyl sites for hydroxylation is 2. The van der Waals surface area contributed by atoms with Gasteiger partial charge in [-0.1, -0.05) is 18.6 Å². The lowest BCUT2D eigenvalue weighted by molar-refractivity contribution is -0.141. The molecule has 0 saturated heterocycles. The summed E-state index contributed by atoms with van der Waals surface area (Å²) < 4.78 is 38.2. The standard InChI is InChI=1S/C48H59N11O10S/c1-27-41(28(2)55-43(54-27)31-11-14-34(15-12-31)69-33-8-6-5-7-9-33)46(63)57-37(18-21-53-70(51,66)67)48(65)59(4)42-32-13-17-40(68-23-20-50)36(26-32)35-24-30(10-16-39(35)60)25-38(45(62)52-22-19-49)58-44(61)29(3)56-47(42)64/h10-17,24,26,29,33,37-38,42,53,60H,5-9,18,20-23,25,50H2,1-4H3,(H,52,62)(H,56,64)(H,57,63)(H,58,61)(H2,51,66,67)/t29-,37-,38-,42-/m0/s1. The van der Waals surface area contributed by atoms with Gasteiger partial charge in [0.05, 0.1) is 29.1 Å². The molecule has 1 aliphatic carbocycles. The van der Waals surface area contributed by atoms with E-state index >= 15 is 0 Å². The molecule has 2 aliphatic rings. The van der Waals surface area contributed by atoms with E-state index < -0.39 is 70.5 Å². The zero-order chi connectivity index (χ0) is 50.7. The topological polar surface area (TPSA) is 323 Å². The Morgan fingerprint density at radius 2 is 1.67 bits per heavy atom. The second-order valence-corrected chi connectivity index (χ2v) is 18.6. The molecule has 2 heterocycles. The Balaban J connectivity index is 1.35. The molecule has 4 atom stereocenters. The highest BCUT2D eigenvalue weighted by Gasteiger charge is 2.37. The van der Waals surface area contributed by atoms with E-state index in [-0.39, 0.29) is 83.8 Å². The minimum atomic E-state index is -4.25. The number of hydrogen-bond acceptors (Lipinski definition) is 14. The fraction of sp³-hybridized carbons (Fsp3) is 0.417. The first-order chi connectivity index (χ1) is 33.4. The summed E-state index contributed by atoms with van der Waals surface area (Å²) in [7, 11) is -2.96. The zero-order valence-electron chi connectivity index (χ0n) is 39.4. The first-order valence-electron chi connectivity index (χ1n) is 22.9. The Morgan fingerprint density at radius 3 is 2.33 bits per heavy atom. The van der Waals surface area contributed by atoms with Gasteiger partial charge in [-0.25, -0.2) is 19.8 Å². The summed E-state index contributed by atoms with van der Waals surface area (Å²) in [5.74, 6) is -2.88. The molecule has 0 unspecified atom stereocenters. The highest BCUT2D eigenvalue weighted by Crippen LogP contribution is 2.40. The lowest BCUT2D eigenvalue weighted by Gasteiger charge is -2.32. The Kier molecular flexibility index (Phi) is 17.5. The maximum atomic E-state index is 14.9. The number of benzene rings is 3. The molecule has 1 aromatic heterocycles. The van der Waals surface area contributed by atoms with Gasteiger partial charge >= 0.3 is 0 Å². The molecule has 70 heavy (non-hydrogen) atoms. The van der Waals surface area contributed by atoms with E-state index in [2.05, 4.69) is 36.0 Å². The van der Waals surface area contributed by atoms with E-state index in [1.165, 1.54) is 44.7 Å². The van der Waals surface area contributed by atoms with Crippen LogP contribution in [0.15, 0.2) is 60.7 Å². The number of amides is 5. The Labute approximate surface area is 406 Å². The molecular weight excluding hydrogens is 923 g/mol. The number of aromatic hydroxyl groups is 1. The van der Waals surface area contributed by atoms with Gasteiger partial charge in [-0.15, -0.1) is 0 Å². The van der Waals surface area contributed by atoms with E-state index in [1.54, 1.807) is 26.0 Å². The first-order valence-corrected chi connectivity index (χ1v) is 24.4. The van der Waals surface area contributed by atoms with Crippen LogP contribution in [-0.4, -0.2) is 115 Å². The van der Waals surface area contributed by atoms with Crippen molar-refractivity contribution in [1.82, 2.24) is 40.9 Å². The van der Waals surface area contributed by atoms with Crippen LogP contribution in [0.4, 0.5) is 0 Å². The molecule has 4 bridgehead atoms. The molecule has 6 rings (SSSR count). The van der Waals surface area contributed by atoms with Crippen LogP contribution in [0.3, 0.4) is 0 Å². The lowest BCUT2D eigenvalue weighted by Crippen LogP contribution is -2.56. The average Bonchev–Trinajstić information content (AvgIpc) is 3.32. The summed E-state index contributed by atoms with van der Waals surface area (Å²) in [6.45, 7) is 4.02. The van der Waals surface area contributed by atoms with Gasteiger partial charge in [0.2, 0.25) is 23.6 Å². The summed E-state index contributed by atoms with van der Waals surface area (Å²) in [4.78, 5) is 80.9. The number of nitrogens with one attached hydrogen (secondary N) is 5. The van der Waals surface area contributed by atoms with Gasteiger partial charge in [0, 0.05) is 43.2 Å². The third-order valence-corrected chi connectivity index (χ3v) is 12.6. The number of nitriles is 1. The average molecular weight is 982 g/mol. The van der Waals surface area contributed by atoms with E-state index in [4.69, 9.17) is 25.6 Å². The van der Waals surface area contributed by atoms with Gasteiger partial charge in [-0.2, -0.15) is 13.7 Å². The zero-order valence-corrected chi connectivity index (χ0v) is 40.2. The monoisotopic (exact) mass is 981 g/mol. The third kappa shape index (κ3) is 13.3. The smallest absolute Gasteiger partial charge is 0.274 e. The SMILES string of the molecule is Cc1nc(-c2ccc(OC3CCCCC3)cc2)nc(C)c1C(=O)N[C@@H](CCNS(N)(=O)=O)C(=O)N(C)[C@@H]1C(=O)N[C@@H](C)C(=O)N[C@H](C(=O)NCC#N)Cc2ccc(O)c(c2)-c2cc1ccc2OCCN. The van der Waals surface area contributed by atoms with Crippen LogP contribution in [-0.2, 0) is 35.8 Å². The second-order valence-electron chi connectivity index (χ2n) is 17.2. The molecule has 4 aromatic rings. The number of aromatic nitrogens is 2. The van der Waals surface area contributed by atoms with Crippen molar-refractivity contribution in [3.63, 3.8) is 0 Å². The predicted octanol–water partition coefficient (Wildman–Crippen LogP) is 1.85. The number of phenolic OH excluding ortho intramolecular Hbond substituents is 1. The quantitative estimate of drug-likeness (QED) is 0.0744. The van der Waals surface area contributed by atoms with Gasteiger partial charge in [0.1, 0.15) is 54.6 Å². The van der Waals surface area contributed by atoms with E-state index in [0.717, 1.165) is 36.3 Å². The van der Waals surface area contributed by atoms with Crippen molar-refractivity contribution in [3.8, 4) is 45.8 Å². The number of rotatable bonds is 16. The van der Waals surface area contributed by atoms with Crippen LogP contribution in [0, 0.1) is 25.2 Å². The van der Waals surface area contributed by atoms with Gasteiger partial charge < -0.3 is 46.5 Å². The summed E-state index contributed by atoms with van der Waals surface area (Å²) in [6.07, 6.45) is 5.22. The number of carbonyl (C=O) groups is 5. The first kappa shape index (κ1) is 52.2. The van der Waals surface area contributed by atoms with Crippen LogP contribution >= 0.6 is 0 Å². The number of carbonyl (C=O) groups excluding carboxylic acids is 5. The second kappa shape index (κ2) is 23.4. The number of fused-ring (bicyclic) bond motifs is 5. The molecule has 5 amide bonds. The van der Waals surface area contributed by atoms with Gasteiger partial charge in [-0.05, 0) is 113 Å². The molecule has 1 aliphatic heterocycles. The molecule has 1 saturated carbocycles. The van der Waals surface area contributed by atoms with Gasteiger partial charge in [-0.3, -0.25) is 24.0 Å². The molecule has 21 nitrogen and oxygen atoms in total. The number of phenols is 1. The molecule has 10 N–H and O–H groups in total. The molecular formula is C48H59N11O10S. The predicted molar refractivity (Wildman–Crippen MR) is 257 cm³/mol. The number of nitrogens with two attached hydrogens (primary N) is 2. The molecule has 0 spiro atoms. The fourth-order valence-corrected chi connectivity index (χ4v) is 8.89. The van der Waals surface area contributed by atoms with Gasteiger partial charge in [0.25, 0.3) is 16.1 Å². The van der Waals surface area contributed by atoms with Crippen molar-refractivity contribution in [2.24, 2.45) is 10.9 Å². The van der Waals surface area contributed by atoms with Crippen LogP contribution in [0.2, 0.25) is 0 Å². The third-order valence-electron chi connectivity index (χ3n) is 12.0. The number of likely N-dealkylation sites (N-methyl/N-ethyl adjacent to an activating group) is 1. The van der Waals surface area contributed by atoms with E-state index in [0.29, 0.717) is 17.0 Å². The molecule has 1 fully saturated rings. The molecule has 3 aromatic carbocycles. The lowest BCUT2D eigenvalue weighted by atomic mass is 9.93. The Morgan fingerprint density at radius 1 is 0.971 bits per heavy atom. The van der Waals surface area contributed by atoms with Crippen molar-refractivity contribution in [1.29, 1.82) is 5.26 Å². The summed E-state index contributed by atoms with van der Waals surface area (Å²) in [5.41, 5.74) is 8.20. The van der Waals surface area contributed by atoms with Crippen LogP contribution in [0.5, 0.6) is 17.2 Å². The summed E-state index contributed by atoms with van der Waals surface area (Å²) in [5, 5.41) is 36.0. The normalized spacial score (nSPS) is 17.9. The molecule has 0 radical (unpaired) electrons. The number of nitrogens with zero attached hydrogens (tertiary/aromatic N) is 4. The van der Waals surface area contributed by atoms with E-state index in [1.807, 2.05) is 30.3 Å². The van der Waals surface area contributed by atoms with Crippen molar-refractivity contribution in [2.75, 3.05) is 33.3 Å². The molecule has 22 heteroatoms. The van der Waals surface area contributed by atoms with Gasteiger partial charge in [0.15, 0.2) is 5.82 Å². The Bertz CT molecular complexity index is 2720. The van der Waals surface area contributed by atoms with Crippen LogP contribution < -0.4 is 46.3 Å². The van der Waals surface area contributed by atoms with Crippen molar-refractivity contribution in [3.05, 3.63) is 88.7 Å². The fourth-order valence-electron chi connectivity index (χ4n) is 8.49. The van der Waals surface area contributed by atoms with Crippen molar-refractivity contribution < 1.29 is 47.0 Å². The van der Waals surface area contributed by atoms with Crippen LogP contribution in [0.25, 0.3) is 22.5 Å². The van der Waals surface area contributed by atoms with Crippen molar-refractivity contribution >= 4 is 39.7 Å². The largest absolute Gasteiger partial charge is 0.507 e. The van der Waals surface area contributed by atoms with Crippen molar-refractivity contribution in [2.45, 2.75) is 96.0 Å². The summed E-state index contributed by atoms with van der Waals surface area (Å²) >= 11 is 0. The highest BCUT2D eigenvalue weighted by molar-refractivity contribution is 7.87. The summed E-state index contributed by atoms with van der Waals surface area (Å²) in [6, 6.07) is 12.7. The highest BCUT2D eigenvalue weighted by atomic mass is 32.2. The maximum absolute atomic E-state index is 14.9. The number of ether oxygens (including phenoxy) is 2. The van der Waals surface area contributed by atoms with E-state index in [9.17, 15) is 37.5 Å². The van der Waals surface area contributed by atoms with Crippen LogP contribution in [0.1, 0.15) is 84.4 Å². The maximum Gasteiger partial charge on any atom is 0.274 e. The minimum absolute atomic E-state index is 0.0517. The minimum Gasteiger partial charge on any atom is -0.507 e. The number of hydrogen-bond donors (Lipinski definition) is 8. The Hall–Kier alpha value is -7.19.